The Morgan fingerprint density at radius 1 is 1.06 bits per heavy atom. The molecule has 1 N–H and O–H groups in total. The summed E-state index contributed by atoms with van der Waals surface area (Å²) in [6.45, 7) is 1.49. The number of carbonyl (C=O) groups excluding carboxylic acids is 4. The summed E-state index contributed by atoms with van der Waals surface area (Å²) in [6.07, 6.45) is -3.17. The lowest BCUT2D eigenvalue weighted by Crippen LogP contribution is -2.28. The third-order valence-electron chi connectivity index (χ3n) is 5.46. The van der Waals surface area contributed by atoms with Crippen LogP contribution in [0.15, 0.2) is 48.5 Å². The lowest BCUT2D eigenvalue weighted by Gasteiger charge is -2.17. The molecule has 8 nitrogen and oxygen atoms in total. The third-order valence-corrected chi connectivity index (χ3v) is 5.46. The number of ether oxygens (including phenoxy) is 2. The number of hydrogen-bond donors (Lipinski definition) is 1. The molecule has 36 heavy (non-hydrogen) atoms. The smallest absolute Gasteiger partial charge is 0.418 e. The van der Waals surface area contributed by atoms with E-state index in [2.05, 4.69) is 5.32 Å². The zero-order valence-electron chi connectivity index (χ0n) is 19.5. The van der Waals surface area contributed by atoms with E-state index in [0.717, 1.165) is 25.0 Å². The van der Waals surface area contributed by atoms with Crippen LogP contribution in [0.4, 0.5) is 24.5 Å². The molecule has 1 heterocycles. The van der Waals surface area contributed by atoms with Gasteiger partial charge in [-0.25, -0.2) is 4.79 Å². The molecular formula is C25H25F3N2O6. The molecule has 0 aromatic heterocycles. The molecule has 0 aliphatic carbocycles. The van der Waals surface area contributed by atoms with Crippen molar-refractivity contribution < 1.29 is 41.8 Å². The van der Waals surface area contributed by atoms with Crippen molar-refractivity contribution >= 4 is 35.1 Å². The van der Waals surface area contributed by atoms with E-state index in [1.165, 1.54) is 29.2 Å². The van der Waals surface area contributed by atoms with Crippen LogP contribution in [-0.4, -0.2) is 43.5 Å². The van der Waals surface area contributed by atoms with Crippen LogP contribution in [0.5, 0.6) is 0 Å². The van der Waals surface area contributed by atoms with Gasteiger partial charge in [-0.15, -0.1) is 0 Å². The lowest BCUT2D eigenvalue weighted by molar-refractivity contribution is -0.151. The molecule has 0 spiro atoms. The summed E-state index contributed by atoms with van der Waals surface area (Å²) in [5.41, 5.74) is -0.676. The summed E-state index contributed by atoms with van der Waals surface area (Å²) in [5.74, 6) is -3.44. The van der Waals surface area contributed by atoms with Gasteiger partial charge in [0.1, 0.15) is 0 Å². The SMILES string of the molecule is CCCCOC(=O)c1ccc(N2C[C@H](C(=O)OCC(=O)Nc3ccccc3C(F)(F)F)CC2=O)cc1. The van der Waals surface area contributed by atoms with Gasteiger partial charge < -0.3 is 19.7 Å². The number of alkyl halides is 3. The molecule has 0 bridgehead atoms. The Morgan fingerprint density at radius 2 is 1.75 bits per heavy atom. The van der Waals surface area contributed by atoms with Crippen molar-refractivity contribution in [3.8, 4) is 0 Å². The number of nitrogens with one attached hydrogen (secondary N) is 1. The molecule has 2 amide bonds. The first kappa shape index (κ1) is 26.7. The Hall–Kier alpha value is -3.89. The van der Waals surface area contributed by atoms with Crippen LogP contribution >= 0.6 is 0 Å². The average Bonchev–Trinajstić information content (AvgIpc) is 3.24. The Morgan fingerprint density at radius 3 is 2.42 bits per heavy atom. The van der Waals surface area contributed by atoms with Crippen LogP contribution in [0.3, 0.4) is 0 Å². The molecule has 0 radical (unpaired) electrons. The number of benzene rings is 2. The normalized spacial score (nSPS) is 15.5. The second kappa shape index (κ2) is 11.7. The highest BCUT2D eigenvalue weighted by Gasteiger charge is 2.37. The minimum Gasteiger partial charge on any atom is -0.462 e. The van der Waals surface area contributed by atoms with E-state index in [4.69, 9.17) is 9.47 Å². The number of esters is 2. The molecule has 11 heteroatoms. The molecule has 0 unspecified atom stereocenters. The highest BCUT2D eigenvalue weighted by atomic mass is 19.4. The summed E-state index contributed by atoms with van der Waals surface area (Å²) < 4.78 is 49.3. The van der Waals surface area contributed by atoms with E-state index in [1.54, 1.807) is 12.1 Å². The first-order valence-electron chi connectivity index (χ1n) is 11.3. The first-order chi connectivity index (χ1) is 17.1. The van der Waals surface area contributed by atoms with Gasteiger partial charge >= 0.3 is 18.1 Å². The number of anilines is 2. The van der Waals surface area contributed by atoms with Gasteiger partial charge in [0.05, 0.1) is 29.3 Å². The highest BCUT2D eigenvalue weighted by Crippen LogP contribution is 2.34. The van der Waals surface area contributed by atoms with Crippen LogP contribution < -0.4 is 10.2 Å². The van der Waals surface area contributed by atoms with E-state index < -0.39 is 47.8 Å². The van der Waals surface area contributed by atoms with Crippen LogP contribution in [0.25, 0.3) is 0 Å². The summed E-state index contributed by atoms with van der Waals surface area (Å²) >= 11 is 0. The Bertz CT molecular complexity index is 1120. The summed E-state index contributed by atoms with van der Waals surface area (Å²) in [7, 11) is 0. The molecule has 1 aliphatic heterocycles. The number of rotatable bonds is 9. The molecular weight excluding hydrogens is 481 g/mol. The number of amides is 2. The van der Waals surface area contributed by atoms with Crippen LogP contribution in [-0.2, 0) is 30.0 Å². The van der Waals surface area contributed by atoms with Crippen molar-refractivity contribution in [1.29, 1.82) is 0 Å². The van der Waals surface area contributed by atoms with E-state index in [1.807, 2.05) is 6.92 Å². The minimum atomic E-state index is -4.66. The van der Waals surface area contributed by atoms with Gasteiger partial charge in [-0.2, -0.15) is 13.2 Å². The zero-order valence-corrected chi connectivity index (χ0v) is 19.5. The number of nitrogens with zero attached hydrogens (tertiary/aromatic N) is 1. The Kier molecular flexibility index (Phi) is 8.68. The van der Waals surface area contributed by atoms with Crippen LogP contribution in [0, 0.1) is 5.92 Å². The van der Waals surface area contributed by atoms with Gasteiger partial charge in [0.15, 0.2) is 6.61 Å². The van der Waals surface area contributed by atoms with E-state index in [9.17, 15) is 32.3 Å². The average molecular weight is 506 g/mol. The lowest BCUT2D eigenvalue weighted by atomic mass is 10.1. The number of halogens is 3. The van der Waals surface area contributed by atoms with Gasteiger partial charge in [0.25, 0.3) is 5.91 Å². The van der Waals surface area contributed by atoms with Crippen molar-refractivity contribution in [2.75, 3.05) is 30.0 Å². The molecule has 1 atom stereocenters. The standard InChI is InChI=1S/C25H25F3N2O6/c1-2-3-12-35-23(33)16-8-10-18(11-9-16)30-14-17(13-22(30)32)24(34)36-15-21(31)29-20-7-5-4-6-19(20)25(26,27)28/h4-11,17H,2-3,12-15H2,1H3,(H,29,31)/t17-/m1/s1. The molecule has 0 saturated carbocycles. The van der Waals surface area contributed by atoms with Crippen molar-refractivity contribution in [3.63, 3.8) is 0 Å². The fourth-order valence-corrected chi connectivity index (χ4v) is 3.57. The second-order valence-electron chi connectivity index (χ2n) is 8.14. The highest BCUT2D eigenvalue weighted by molar-refractivity contribution is 6.00. The fraction of sp³-hybridized carbons (Fsp3) is 0.360. The van der Waals surface area contributed by atoms with E-state index in [-0.39, 0.29) is 18.9 Å². The molecule has 2 aromatic rings. The topological polar surface area (TPSA) is 102 Å². The van der Waals surface area contributed by atoms with Gasteiger partial charge in [0, 0.05) is 18.7 Å². The molecule has 1 fully saturated rings. The number of hydrogen-bond acceptors (Lipinski definition) is 6. The Labute approximate surface area is 205 Å². The maximum absolute atomic E-state index is 13.1. The number of unbranched alkanes of at least 4 members (excludes halogenated alkanes) is 1. The summed E-state index contributed by atoms with van der Waals surface area (Å²) in [4.78, 5) is 50.3. The van der Waals surface area contributed by atoms with Crippen molar-refractivity contribution in [1.82, 2.24) is 0 Å². The number of carbonyl (C=O) groups is 4. The van der Waals surface area contributed by atoms with Crippen molar-refractivity contribution in [3.05, 3.63) is 59.7 Å². The Balaban J connectivity index is 1.53. The number of para-hydroxylation sites is 1. The van der Waals surface area contributed by atoms with Gasteiger partial charge in [-0.05, 0) is 42.8 Å². The largest absolute Gasteiger partial charge is 0.462 e. The van der Waals surface area contributed by atoms with Crippen LogP contribution in [0.2, 0.25) is 0 Å². The molecule has 2 aromatic carbocycles. The first-order valence-corrected chi connectivity index (χ1v) is 11.3. The van der Waals surface area contributed by atoms with Gasteiger partial charge in [0.2, 0.25) is 5.91 Å². The van der Waals surface area contributed by atoms with Crippen molar-refractivity contribution in [2.24, 2.45) is 5.92 Å². The van der Waals surface area contributed by atoms with Gasteiger partial charge in [-0.1, -0.05) is 25.5 Å². The second-order valence-corrected chi connectivity index (χ2v) is 8.14. The predicted molar refractivity (Wildman–Crippen MR) is 123 cm³/mol. The molecule has 1 aliphatic rings. The third kappa shape index (κ3) is 6.83. The molecule has 3 rings (SSSR count). The monoisotopic (exact) mass is 506 g/mol. The van der Waals surface area contributed by atoms with Crippen molar-refractivity contribution in [2.45, 2.75) is 32.4 Å². The molecule has 192 valence electrons. The van der Waals surface area contributed by atoms with Crippen LogP contribution in [0.1, 0.15) is 42.1 Å². The summed E-state index contributed by atoms with van der Waals surface area (Å²) in [6, 6.07) is 10.6. The van der Waals surface area contributed by atoms with Gasteiger partial charge in [-0.3, -0.25) is 14.4 Å². The fourth-order valence-electron chi connectivity index (χ4n) is 3.57. The minimum absolute atomic E-state index is 0.00349. The maximum Gasteiger partial charge on any atom is 0.418 e. The van der Waals surface area contributed by atoms with E-state index in [0.29, 0.717) is 17.9 Å². The molecule has 1 saturated heterocycles. The zero-order chi connectivity index (χ0) is 26.3. The quantitative estimate of drug-likeness (QED) is 0.404. The van der Waals surface area contributed by atoms with E-state index >= 15 is 0 Å². The predicted octanol–water partition coefficient (Wildman–Crippen LogP) is 4.20. The maximum atomic E-state index is 13.1. The summed E-state index contributed by atoms with van der Waals surface area (Å²) in [5, 5.41) is 2.09.